The van der Waals surface area contributed by atoms with E-state index < -0.39 is 6.04 Å². The van der Waals surface area contributed by atoms with Gasteiger partial charge in [0, 0.05) is 12.4 Å². The number of imide groups is 1. The Hall–Kier alpha value is -2.43. The fourth-order valence-electron chi connectivity index (χ4n) is 2.19. The maximum Gasteiger partial charge on any atom is 0.251 e. The molecule has 96 valence electrons. The monoisotopic (exact) mass is 255 g/mol. The summed E-state index contributed by atoms with van der Waals surface area (Å²) in [4.78, 5) is 28.8. The molecule has 3 rings (SSSR count). The zero-order valence-corrected chi connectivity index (χ0v) is 10.5. The minimum Gasteiger partial charge on any atom is -0.358 e. The highest BCUT2D eigenvalue weighted by molar-refractivity contribution is 6.06. The Labute approximate surface area is 110 Å². The van der Waals surface area contributed by atoms with Gasteiger partial charge in [0.25, 0.3) is 5.91 Å². The van der Waals surface area contributed by atoms with Crippen molar-refractivity contribution in [2.24, 2.45) is 0 Å². The Bertz CT molecular complexity index is 669. The molecule has 1 N–H and O–H groups in total. The molecule has 5 heteroatoms. The topological polar surface area (TPSA) is 62.3 Å². The highest BCUT2D eigenvalue weighted by atomic mass is 16.2. The first-order chi connectivity index (χ1) is 9.15. The minimum atomic E-state index is -0.508. The average molecular weight is 255 g/mol. The van der Waals surface area contributed by atoms with Gasteiger partial charge in [-0.05, 0) is 18.2 Å². The summed E-state index contributed by atoms with van der Waals surface area (Å²) in [5, 5.41) is 4.06. The first-order valence-corrected chi connectivity index (χ1v) is 6.08. The normalized spacial score (nSPS) is 19.2. The molecule has 1 saturated heterocycles. The summed E-state index contributed by atoms with van der Waals surface area (Å²) < 4.78 is 0. The minimum absolute atomic E-state index is 0.164. The lowest BCUT2D eigenvalue weighted by atomic mass is 10.2. The van der Waals surface area contributed by atoms with Crippen LogP contribution in [0.2, 0.25) is 0 Å². The third-order valence-corrected chi connectivity index (χ3v) is 3.30. The first kappa shape index (κ1) is 11.6. The van der Waals surface area contributed by atoms with Crippen LogP contribution in [-0.2, 0) is 9.59 Å². The second-order valence-electron chi connectivity index (χ2n) is 4.58. The van der Waals surface area contributed by atoms with E-state index in [2.05, 4.69) is 10.3 Å². The number of hydrogen-bond acceptors (Lipinski definition) is 4. The number of likely N-dealkylation sites (tertiary alicyclic amines) is 1. The molecule has 0 radical (unpaired) electrons. The molecule has 0 aliphatic carbocycles. The van der Waals surface area contributed by atoms with E-state index in [1.807, 2.05) is 36.4 Å². The van der Waals surface area contributed by atoms with E-state index in [0.717, 1.165) is 15.8 Å². The van der Waals surface area contributed by atoms with Crippen molar-refractivity contribution < 1.29 is 9.59 Å². The van der Waals surface area contributed by atoms with Gasteiger partial charge in [0.1, 0.15) is 11.9 Å². The van der Waals surface area contributed by atoms with E-state index in [-0.39, 0.29) is 18.2 Å². The first-order valence-electron chi connectivity index (χ1n) is 6.08. The van der Waals surface area contributed by atoms with Gasteiger partial charge in [-0.1, -0.05) is 18.2 Å². The molecule has 1 aromatic carbocycles. The number of carbonyl (C=O) groups excluding carboxylic acids is 2. The number of likely N-dealkylation sites (N-methyl/N-ethyl adjacent to an activating group) is 1. The molecular weight excluding hydrogens is 242 g/mol. The Kier molecular flexibility index (Phi) is 2.67. The standard InChI is InChI=1S/C14H13N3O2/c1-17-13(18)8-11(14(17)19)16-12-7-6-9-4-2-3-5-10(9)15-12/h2-7,11H,8H2,1H3,(H,15,16). The van der Waals surface area contributed by atoms with Crippen LogP contribution in [-0.4, -0.2) is 34.8 Å². The van der Waals surface area contributed by atoms with Gasteiger partial charge in [-0.2, -0.15) is 0 Å². The molecule has 1 unspecified atom stereocenters. The van der Waals surface area contributed by atoms with E-state index in [4.69, 9.17) is 0 Å². The molecule has 19 heavy (non-hydrogen) atoms. The van der Waals surface area contributed by atoms with Crippen molar-refractivity contribution in [3.63, 3.8) is 0 Å². The summed E-state index contributed by atoms with van der Waals surface area (Å²) in [5.74, 6) is 0.239. The molecule has 0 spiro atoms. The number of carbonyl (C=O) groups is 2. The number of aromatic nitrogens is 1. The molecule has 1 aromatic heterocycles. The SMILES string of the molecule is CN1C(=O)CC(Nc2ccc3ccccc3n2)C1=O. The van der Waals surface area contributed by atoms with Crippen molar-refractivity contribution in [1.29, 1.82) is 0 Å². The third kappa shape index (κ3) is 2.03. The van der Waals surface area contributed by atoms with Crippen molar-refractivity contribution >= 4 is 28.5 Å². The second-order valence-corrected chi connectivity index (χ2v) is 4.58. The summed E-state index contributed by atoms with van der Waals surface area (Å²) in [6.07, 6.45) is 0.184. The number of hydrogen-bond donors (Lipinski definition) is 1. The van der Waals surface area contributed by atoms with Crippen LogP contribution in [0.5, 0.6) is 0 Å². The van der Waals surface area contributed by atoms with E-state index in [9.17, 15) is 9.59 Å². The van der Waals surface area contributed by atoms with Gasteiger partial charge in [0.2, 0.25) is 5.91 Å². The zero-order chi connectivity index (χ0) is 13.4. The molecule has 0 saturated carbocycles. The quantitative estimate of drug-likeness (QED) is 0.824. The Morgan fingerprint density at radius 1 is 1.21 bits per heavy atom. The number of benzene rings is 1. The summed E-state index contributed by atoms with van der Waals surface area (Å²) in [5.41, 5.74) is 0.859. The van der Waals surface area contributed by atoms with Crippen LogP contribution < -0.4 is 5.32 Å². The number of amides is 2. The largest absolute Gasteiger partial charge is 0.358 e. The second kappa shape index (κ2) is 4.35. The van der Waals surface area contributed by atoms with Crippen molar-refractivity contribution in [3.8, 4) is 0 Å². The predicted octanol–water partition coefficient (Wildman–Crippen LogP) is 1.40. The Morgan fingerprint density at radius 3 is 2.74 bits per heavy atom. The van der Waals surface area contributed by atoms with Crippen molar-refractivity contribution in [3.05, 3.63) is 36.4 Å². The molecule has 5 nitrogen and oxygen atoms in total. The fourth-order valence-corrected chi connectivity index (χ4v) is 2.19. The number of nitrogens with one attached hydrogen (secondary N) is 1. The van der Waals surface area contributed by atoms with Crippen LogP contribution in [0.3, 0.4) is 0 Å². The van der Waals surface area contributed by atoms with Crippen LogP contribution in [0, 0.1) is 0 Å². The van der Waals surface area contributed by atoms with Crippen LogP contribution in [0.25, 0.3) is 10.9 Å². The molecule has 1 aliphatic heterocycles. The number of fused-ring (bicyclic) bond motifs is 1. The molecule has 2 amide bonds. The third-order valence-electron chi connectivity index (χ3n) is 3.30. The molecule has 1 fully saturated rings. The van der Waals surface area contributed by atoms with Gasteiger partial charge in [-0.3, -0.25) is 14.5 Å². The Balaban J connectivity index is 1.86. The van der Waals surface area contributed by atoms with Crippen molar-refractivity contribution in [2.75, 3.05) is 12.4 Å². The van der Waals surface area contributed by atoms with Crippen LogP contribution in [0.1, 0.15) is 6.42 Å². The van der Waals surface area contributed by atoms with Crippen LogP contribution >= 0.6 is 0 Å². The maximum absolute atomic E-state index is 11.8. The fraction of sp³-hybridized carbons (Fsp3) is 0.214. The van der Waals surface area contributed by atoms with Gasteiger partial charge < -0.3 is 5.32 Å². The number of nitrogens with zero attached hydrogens (tertiary/aromatic N) is 2. The summed E-state index contributed by atoms with van der Waals surface area (Å²) in [6, 6.07) is 11.0. The molecule has 2 aromatic rings. The van der Waals surface area contributed by atoms with Gasteiger partial charge >= 0.3 is 0 Å². The van der Waals surface area contributed by atoms with E-state index >= 15 is 0 Å². The predicted molar refractivity (Wildman–Crippen MR) is 71.5 cm³/mol. The number of rotatable bonds is 2. The smallest absolute Gasteiger partial charge is 0.251 e. The molecular formula is C14H13N3O2. The highest BCUT2D eigenvalue weighted by Crippen LogP contribution is 2.18. The molecule has 1 atom stereocenters. The van der Waals surface area contributed by atoms with Crippen molar-refractivity contribution in [1.82, 2.24) is 9.88 Å². The number of para-hydroxylation sites is 1. The molecule has 1 aliphatic rings. The Morgan fingerprint density at radius 2 is 2.00 bits per heavy atom. The highest BCUT2D eigenvalue weighted by Gasteiger charge is 2.36. The number of anilines is 1. The maximum atomic E-state index is 11.8. The summed E-state index contributed by atoms with van der Waals surface area (Å²) in [7, 11) is 1.50. The van der Waals surface area contributed by atoms with Crippen LogP contribution in [0.15, 0.2) is 36.4 Å². The number of pyridine rings is 1. The molecule has 2 heterocycles. The van der Waals surface area contributed by atoms with Gasteiger partial charge in [-0.25, -0.2) is 4.98 Å². The summed E-state index contributed by atoms with van der Waals surface area (Å²) in [6.45, 7) is 0. The lowest BCUT2D eigenvalue weighted by Gasteiger charge is -2.12. The van der Waals surface area contributed by atoms with Gasteiger partial charge in [0.15, 0.2) is 0 Å². The molecule has 0 bridgehead atoms. The lowest BCUT2D eigenvalue weighted by Crippen LogP contribution is -2.32. The van der Waals surface area contributed by atoms with E-state index in [0.29, 0.717) is 5.82 Å². The van der Waals surface area contributed by atoms with E-state index in [1.165, 1.54) is 7.05 Å². The van der Waals surface area contributed by atoms with E-state index in [1.54, 1.807) is 0 Å². The zero-order valence-electron chi connectivity index (χ0n) is 10.5. The summed E-state index contributed by atoms with van der Waals surface area (Å²) >= 11 is 0. The van der Waals surface area contributed by atoms with Gasteiger partial charge in [-0.15, -0.1) is 0 Å². The van der Waals surface area contributed by atoms with Crippen molar-refractivity contribution in [2.45, 2.75) is 12.5 Å². The van der Waals surface area contributed by atoms with Gasteiger partial charge in [0.05, 0.1) is 11.9 Å². The average Bonchev–Trinajstić information content (AvgIpc) is 2.66. The van der Waals surface area contributed by atoms with Crippen LogP contribution in [0.4, 0.5) is 5.82 Å². The lowest BCUT2D eigenvalue weighted by molar-refractivity contribution is -0.136.